The van der Waals surface area contributed by atoms with Crippen molar-refractivity contribution in [1.29, 1.82) is 0 Å². The summed E-state index contributed by atoms with van der Waals surface area (Å²) in [5, 5.41) is 0. The summed E-state index contributed by atoms with van der Waals surface area (Å²) in [6.45, 7) is 1.99. The van der Waals surface area contributed by atoms with Gasteiger partial charge >= 0.3 is 0 Å². The molecule has 0 amide bonds. The second-order valence-corrected chi connectivity index (χ2v) is 3.15. The fraction of sp³-hybridized carbons (Fsp3) is 1.00. The molecule has 8 heavy (non-hydrogen) atoms. The van der Waals surface area contributed by atoms with Crippen LogP contribution >= 0.6 is 12.6 Å². The highest BCUT2D eigenvalue weighted by molar-refractivity contribution is 7.85. The Morgan fingerprint density at radius 2 is 1.62 bits per heavy atom. The van der Waals surface area contributed by atoms with Gasteiger partial charge in [0.05, 0.1) is 6.26 Å². The summed E-state index contributed by atoms with van der Waals surface area (Å²) in [4.78, 5) is 0. The maximum absolute atomic E-state index is 9.19. The van der Waals surface area contributed by atoms with E-state index in [0.717, 1.165) is 5.75 Å². The third-order valence-electron chi connectivity index (χ3n) is 0. The first kappa shape index (κ1) is 11.1. The lowest BCUT2D eigenvalue weighted by Crippen LogP contribution is -1.88. The Morgan fingerprint density at radius 3 is 1.62 bits per heavy atom. The van der Waals surface area contributed by atoms with Crippen molar-refractivity contribution in [2.24, 2.45) is 0 Å². The molecule has 0 heterocycles. The van der Waals surface area contributed by atoms with Crippen LogP contribution in [0.3, 0.4) is 0 Å². The van der Waals surface area contributed by atoms with E-state index in [1.807, 2.05) is 6.92 Å². The minimum absolute atomic E-state index is 0.715. The monoisotopic (exact) mass is 158 g/mol. The second-order valence-electron chi connectivity index (χ2n) is 1.05. The van der Waals surface area contributed by atoms with Crippen molar-refractivity contribution in [2.45, 2.75) is 6.92 Å². The molecule has 0 unspecified atom stereocenters. The maximum Gasteiger partial charge on any atom is 0.261 e. The Hall–Kier alpha value is 0.260. The van der Waals surface area contributed by atoms with Crippen LogP contribution in [0.2, 0.25) is 0 Å². The van der Waals surface area contributed by atoms with E-state index >= 15 is 0 Å². The van der Waals surface area contributed by atoms with Gasteiger partial charge in [0.15, 0.2) is 0 Å². The van der Waals surface area contributed by atoms with Gasteiger partial charge in [0, 0.05) is 0 Å². The molecule has 0 atom stereocenters. The largest absolute Gasteiger partial charge is 0.286 e. The van der Waals surface area contributed by atoms with Gasteiger partial charge in [0.25, 0.3) is 10.1 Å². The molecule has 0 fully saturated rings. The Labute approximate surface area is 55.3 Å². The molecule has 0 aliphatic carbocycles. The molecule has 3 nitrogen and oxygen atoms in total. The first-order chi connectivity index (χ1) is 3.41. The molecule has 0 saturated heterocycles. The molecule has 0 spiro atoms. The van der Waals surface area contributed by atoms with Crippen LogP contribution in [0.1, 0.15) is 6.92 Å². The lowest BCUT2D eigenvalue weighted by Gasteiger charge is -1.69. The Morgan fingerprint density at radius 1 is 1.62 bits per heavy atom. The van der Waals surface area contributed by atoms with E-state index in [0.29, 0.717) is 6.26 Å². The van der Waals surface area contributed by atoms with E-state index in [9.17, 15) is 8.42 Å². The van der Waals surface area contributed by atoms with E-state index in [1.54, 1.807) is 0 Å². The lowest BCUT2D eigenvalue weighted by atomic mass is 11.0. The number of hydrogen-bond acceptors (Lipinski definition) is 3. The van der Waals surface area contributed by atoms with E-state index in [2.05, 4.69) is 12.6 Å². The van der Waals surface area contributed by atoms with Gasteiger partial charge in [-0.15, -0.1) is 0 Å². The highest BCUT2D eigenvalue weighted by Gasteiger charge is 1.81. The molecular weight excluding hydrogens is 148 g/mol. The predicted octanol–water partition coefficient (Wildman–Crippen LogP) is 0.440. The number of rotatable bonds is 0. The van der Waals surface area contributed by atoms with Crippen molar-refractivity contribution in [3.63, 3.8) is 0 Å². The number of thiol groups is 1. The smallest absolute Gasteiger partial charge is 0.261 e. The Kier molecular flexibility index (Phi) is 7.50. The topological polar surface area (TPSA) is 54.4 Å². The van der Waals surface area contributed by atoms with Gasteiger partial charge < -0.3 is 0 Å². The van der Waals surface area contributed by atoms with Gasteiger partial charge in [-0.2, -0.15) is 21.0 Å². The molecular formula is C3H10O3S2. The van der Waals surface area contributed by atoms with Crippen LogP contribution in [0.25, 0.3) is 0 Å². The van der Waals surface area contributed by atoms with E-state index in [4.69, 9.17) is 4.55 Å². The Bertz CT molecular complexity index is 106. The van der Waals surface area contributed by atoms with Crippen LogP contribution < -0.4 is 0 Å². The Balaban J connectivity index is 0. The van der Waals surface area contributed by atoms with E-state index in [-0.39, 0.29) is 0 Å². The summed E-state index contributed by atoms with van der Waals surface area (Å²) < 4.78 is 25.9. The minimum Gasteiger partial charge on any atom is -0.286 e. The first-order valence-corrected chi connectivity index (χ1v) is 4.43. The standard InChI is InChI=1S/C2H6S.CH4O3S/c1-2-3;1-5(2,3)4/h3H,2H2,1H3;1H3,(H,2,3,4). The van der Waals surface area contributed by atoms with Gasteiger partial charge in [0.2, 0.25) is 0 Å². The molecule has 0 radical (unpaired) electrons. The molecule has 52 valence electrons. The number of hydrogen-bond donors (Lipinski definition) is 2. The third-order valence-corrected chi connectivity index (χ3v) is 0. The van der Waals surface area contributed by atoms with Gasteiger partial charge in [-0.25, -0.2) is 0 Å². The zero-order valence-electron chi connectivity index (χ0n) is 4.83. The average Bonchev–Trinajstić information content (AvgIpc) is 1.27. The lowest BCUT2D eigenvalue weighted by molar-refractivity contribution is 0.490. The molecule has 0 aromatic heterocycles. The summed E-state index contributed by atoms with van der Waals surface area (Å²) in [6.07, 6.45) is 0.715. The van der Waals surface area contributed by atoms with Crippen LogP contribution in [0.5, 0.6) is 0 Å². The van der Waals surface area contributed by atoms with E-state index in [1.165, 1.54) is 0 Å². The summed E-state index contributed by atoms with van der Waals surface area (Å²) in [7, 11) is -3.67. The first-order valence-electron chi connectivity index (χ1n) is 1.95. The highest BCUT2D eigenvalue weighted by atomic mass is 32.2. The van der Waals surface area contributed by atoms with Gasteiger partial charge in [-0.1, -0.05) is 6.92 Å². The van der Waals surface area contributed by atoms with Gasteiger partial charge in [0.1, 0.15) is 0 Å². The van der Waals surface area contributed by atoms with Crippen LogP contribution in [-0.4, -0.2) is 25.0 Å². The molecule has 1 N–H and O–H groups in total. The zero-order chi connectivity index (χ0) is 7.21. The second kappa shape index (κ2) is 5.40. The van der Waals surface area contributed by atoms with E-state index < -0.39 is 10.1 Å². The summed E-state index contributed by atoms with van der Waals surface area (Å²) in [6, 6.07) is 0. The molecule has 0 bridgehead atoms. The van der Waals surface area contributed by atoms with Crippen molar-refractivity contribution in [2.75, 3.05) is 12.0 Å². The zero-order valence-corrected chi connectivity index (χ0v) is 6.54. The quantitative estimate of drug-likeness (QED) is 0.397. The van der Waals surface area contributed by atoms with Crippen LogP contribution in [0.15, 0.2) is 0 Å². The van der Waals surface area contributed by atoms with Crippen LogP contribution in [0.4, 0.5) is 0 Å². The van der Waals surface area contributed by atoms with Gasteiger partial charge in [-0.05, 0) is 5.75 Å². The molecule has 0 saturated carbocycles. The van der Waals surface area contributed by atoms with Crippen molar-refractivity contribution in [3.8, 4) is 0 Å². The fourth-order valence-corrected chi connectivity index (χ4v) is 0. The summed E-state index contributed by atoms with van der Waals surface area (Å²) in [5.74, 6) is 0.944. The van der Waals surface area contributed by atoms with Crippen molar-refractivity contribution in [3.05, 3.63) is 0 Å². The van der Waals surface area contributed by atoms with Crippen LogP contribution in [-0.2, 0) is 10.1 Å². The van der Waals surface area contributed by atoms with Crippen LogP contribution in [0, 0.1) is 0 Å². The fourth-order valence-electron chi connectivity index (χ4n) is 0. The molecule has 0 rings (SSSR count). The molecule has 0 aliphatic heterocycles. The SMILES string of the molecule is CCS.CS(=O)(=O)O. The van der Waals surface area contributed by atoms with Crippen molar-refractivity contribution >= 4 is 22.7 Å². The molecule has 0 aliphatic rings. The third kappa shape index (κ3) is 2560. The molecule has 0 aromatic rings. The summed E-state index contributed by atoms with van der Waals surface area (Å²) in [5.41, 5.74) is 0. The van der Waals surface area contributed by atoms with Gasteiger partial charge in [-0.3, -0.25) is 4.55 Å². The summed E-state index contributed by atoms with van der Waals surface area (Å²) >= 11 is 3.79. The van der Waals surface area contributed by atoms with Crippen molar-refractivity contribution in [1.82, 2.24) is 0 Å². The normalized spacial score (nSPS) is 9.50. The highest BCUT2D eigenvalue weighted by Crippen LogP contribution is 1.60. The van der Waals surface area contributed by atoms with Crippen molar-refractivity contribution < 1.29 is 13.0 Å². The maximum atomic E-state index is 9.19. The predicted molar refractivity (Wildman–Crippen MR) is 37.0 cm³/mol. The molecule has 5 heteroatoms. The minimum atomic E-state index is -3.67. The average molecular weight is 158 g/mol. The molecule has 0 aromatic carbocycles.